The molecule has 0 aromatic heterocycles. The predicted molar refractivity (Wildman–Crippen MR) is 77.1 cm³/mol. The normalized spacial score (nSPS) is 11.1. The van der Waals surface area contributed by atoms with Gasteiger partial charge in [-0.25, -0.2) is 13.2 Å². The molecule has 0 aliphatic rings. The van der Waals surface area contributed by atoms with Crippen LogP contribution in [0.4, 0.5) is 5.69 Å². The van der Waals surface area contributed by atoms with Crippen LogP contribution < -0.4 is 4.72 Å². The molecule has 110 valence electrons. The Kier molecular flexibility index (Phi) is 3.86. The number of aryl methyl sites for hydroxylation is 1. The Morgan fingerprint density at radius 2 is 1.76 bits per heavy atom. The number of para-hydroxylation sites is 1. The van der Waals surface area contributed by atoms with E-state index in [0.717, 1.165) is 0 Å². The largest absolute Gasteiger partial charge is 0.506 e. The van der Waals surface area contributed by atoms with E-state index in [-0.39, 0.29) is 0 Å². The number of hydrogen-bond acceptors (Lipinski definition) is 4. The SMILES string of the molecule is Cc1cc(C(=O)O)c(O)c(S(=O)(=O)Nc2ccccc2)c1. The molecule has 2 aromatic rings. The summed E-state index contributed by atoms with van der Waals surface area (Å²) in [5.74, 6) is -2.18. The smallest absolute Gasteiger partial charge is 0.339 e. The van der Waals surface area contributed by atoms with Crippen LogP contribution in [0.15, 0.2) is 47.4 Å². The van der Waals surface area contributed by atoms with Crippen molar-refractivity contribution in [3.8, 4) is 5.75 Å². The fourth-order valence-corrected chi connectivity index (χ4v) is 3.09. The number of rotatable bonds is 4. The number of carboxylic acids is 1. The highest BCUT2D eigenvalue weighted by atomic mass is 32.2. The van der Waals surface area contributed by atoms with Gasteiger partial charge >= 0.3 is 5.97 Å². The maximum absolute atomic E-state index is 12.3. The number of aromatic carboxylic acids is 1. The van der Waals surface area contributed by atoms with Crippen LogP contribution in [0.5, 0.6) is 5.75 Å². The lowest BCUT2D eigenvalue weighted by Gasteiger charge is -2.12. The van der Waals surface area contributed by atoms with Crippen molar-refractivity contribution in [1.29, 1.82) is 0 Å². The summed E-state index contributed by atoms with van der Waals surface area (Å²) in [5, 5.41) is 18.9. The quantitative estimate of drug-likeness (QED) is 0.803. The molecule has 0 radical (unpaired) electrons. The van der Waals surface area contributed by atoms with Crippen LogP contribution in [0.2, 0.25) is 0 Å². The highest BCUT2D eigenvalue weighted by Crippen LogP contribution is 2.30. The summed E-state index contributed by atoms with van der Waals surface area (Å²) < 4.78 is 26.9. The summed E-state index contributed by atoms with van der Waals surface area (Å²) in [7, 11) is -4.09. The van der Waals surface area contributed by atoms with Gasteiger partial charge in [0.05, 0.1) is 0 Å². The fraction of sp³-hybridized carbons (Fsp3) is 0.0714. The van der Waals surface area contributed by atoms with Gasteiger partial charge < -0.3 is 10.2 Å². The topological polar surface area (TPSA) is 104 Å². The zero-order valence-corrected chi connectivity index (χ0v) is 11.9. The lowest BCUT2D eigenvalue weighted by molar-refractivity contribution is 0.0693. The van der Waals surface area contributed by atoms with Gasteiger partial charge in [0.2, 0.25) is 0 Å². The zero-order chi connectivity index (χ0) is 15.6. The molecule has 7 heteroatoms. The highest BCUT2D eigenvalue weighted by Gasteiger charge is 2.24. The number of hydrogen-bond donors (Lipinski definition) is 3. The molecule has 3 N–H and O–H groups in total. The van der Waals surface area contributed by atoms with E-state index in [9.17, 15) is 18.3 Å². The maximum atomic E-state index is 12.3. The lowest BCUT2D eigenvalue weighted by atomic mass is 10.1. The van der Waals surface area contributed by atoms with Crippen molar-refractivity contribution in [2.75, 3.05) is 4.72 Å². The van der Waals surface area contributed by atoms with Crippen molar-refractivity contribution in [2.24, 2.45) is 0 Å². The number of sulfonamides is 1. The summed E-state index contributed by atoms with van der Waals surface area (Å²) in [6.45, 7) is 1.55. The van der Waals surface area contributed by atoms with Gasteiger partial charge in [0.1, 0.15) is 10.5 Å². The summed E-state index contributed by atoms with van der Waals surface area (Å²) in [6.07, 6.45) is 0. The van der Waals surface area contributed by atoms with Gasteiger partial charge in [0.25, 0.3) is 10.0 Å². The van der Waals surface area contributed by atoms with Crippen LogP contribution in [0.1, 0.15) is 15.9 Å². The summed E-state index contributed by atoms with van der Waals surface area (Å²) in [5.41, 5.74) is 0.275. The molecule has 0 aliphatic heterocycles. The first-order chi connectivity index (χ1) is 9.81. The second-order valence-electron chi connectivity index (χ2n) is 4.44. The molecule has 21 heavy (non-hydrogen) atoms. The van der Waals surface area contributed by atoms with Gasteiger partial charge in [0.15, 0.2) is 5.75 Å². The van der Waals surface area contributed by atoms with Crippen LogP contribution in [0.25, 0.3) is 0 Å². The first kappa shape index (κ1) is 14.9. The number of phenols is 1. The Morgan fingerprint density at radius 3 is 2.33 bits per heavy atom. The third-order valence-corrected chi connectivity index (χ3v) is 4.16. The maximum Gasteiger partial charge on any atom is 0.339 e. The Bertz CT molecular complexity index is 785. The van der Waals surface area contributed by atoms with Crippen LogP contribution in [-0.4, -0.2) is 24.6 Å². The molecule has 2 aromatic carbocycles. The van der Waals surface area contributed by atoms with Crippen LogP contribution in [-0.2, 0) is 10.0 Å². The average molecular weight is 307 g/mol. The second kappa shape index (κ2) is 5.45. The lowest BCUT2D eigenvalue weighted by Crippen LogP contribution is -2.14. The fourth-order valence-electron chi connectivity index (χ4n) is 1.83. The van der Waals surface area contributed by atoms with Gasteiger partial charge in [-0.15, -0.1) is 0 Å². The minimum atomic E-state index is -4.09. The molecule has 0 heterocycles. The van der Waals surface area contributed by atoms with E-state index in [1.165, 1.54) is 12.1 Å². The monoisotopic (exact) mass is 307 g/mol. The van der Waals surface area contributed by atoms with E-state index in [2.05, 4.69) is 4.72 Å². The Balaban J connectivity index is 2.53. The summed E-state index contributed by atoms with van der Waals surface area (Å²) in [6, 6.07) is 10.5. The van der Waals surface area contributed by atoms with Crippen molar-refractivity contribution < 1.29 is 23.4 Å². The zero-order valence-electron chi connectivity index (χ0n) is 11.1. The van der Waals surface area contributed by atoms with Crippen LogP contribution in [0, 0.1) is 6.92 Å². The van der Waals surface area contributed by atoms with E-state index < -0.39 is 32.2 Å². The van der Waals surface area contributed by atoms with Gasteiger partial charge in [-0.1, -0.05) is 18.2 Å². The highest BCUT2D eigenvalue weighted by molar-refractivity contribution is 7.92. The molecule has 6 nitrogen and oxygen atoms in total. The van der Waals surface area contributed by atoms with Crippen molar-refractivity contribution in [1.82, 2.24) is 0 Å². The van der Waals surface area contributed by atoms with E-state index in [0.29, 0.717) is 11.3 Å². The van der Waals surface area contributed by atoms with Crippen LogP contribution in [0.3, 0.4) is 0 Å². The van der Waals surface area contributed by atoms with Gasteiger partial charge in [0, 0.05) is 5.69 Å². The molecular formula is C14H13NO5S. The third kappa shape index (κ3) is 3.14. The standard InChI is InChI=1S/C14H13NO5S/c1-9-7-11(14(17)18)13(16)12(8-9)21(19,20)15-10-5-3-2-4-6-10/h2-8,15-16H,1H3,(H,17,18). The molecule has 0 bridgehead atoms. The van der Waals surface area contributed by atoms with Gasteiger partial charge in [-0.3, -0.25) is 4.72 Å². The molecule has 0 saturated carbocycles. The number of carboxylic acid groups (broad SMARTS) is 1. The second-order valence-corrected chi connectivity index (χ2v) is 6.09. The number of anilines is 1. The Labute approximate surface area is 121 Å². The number of nitrogens with one attached hydrogen (secondary N) is 1. The molecule has 0 unspecified atom stereocenters. The van der Waals surface area contributed by atoms with Crippen molar-refractivity contribution >= 4 is 21.7 Å². The number of aromatic hydroxyl groups is 1. The molecular weight excluding hydrogens is 294 g/mol. The molecule has 0 atom stereocenters. The van der Waals surface area contributed by atoms with Crippen molar-refractivity contribution in [3.05, 3.63) is 53.6 Å². The van der Waals surface area contributed by atoms with Gasteiger partial charge in [-0.2, -0.15) is 0 Å². The molecule has 0 aliphatic carbocycles. The van der Waals surface area contributed by atoms with Crippen molar-refractivity contribution in [2.45, 2.75) is 11.8 Å². The molecule has 0 amide bonds. The van der Waals surface area contributed by atoms with Crippen LogP contribution >= 0.6 is 0 Å². The van der Waals surface area contributed by atoms with E-state index in [4.69, 9.17) is 5.11 Å². The minimum absolute atomic E-state index is 0.315. The van der Waals surface area contributed by atoms with E-state index >= 15 is 0 Å². The van der Waals surface area contributed by atoms with Crippen molar-refractivity contribution in [3.63, 3.8) is 0 Å². The molecule has 0 saturated heterocycles. The minimum Gasteiger partial charge on any atom is -0.506 e. The first-order valence-electron chi connectivity index (χ1n) is 5.96. The molecule has 0 spiro atoms. The average Bonchev–Trinajstić information content (AvgIpc) is 2.41. The number of benzene rings is 2. The number of carbonyl (C=O) groups is 1. The Morgan fingerprint density at radius 1 is 1.14 bits per heavy atom. The molecule has 0 fully saturated rings. The van der Waals surface area contributed by atoms with E-state index in [1.807, 2.05) is 0 Å². The van der Waals surface area contributed by atoms with E-state index in [1.54, 1.807) is 37.3 Å². The molecule has 2 rings (SSSR count). The Hall–Kier alpha value is -2.54. The summed E-state index contributed by atoms with van der Waals surface area (Å²) in [4.78, 5) is 10.6. The van der Waals surface area contributed by atoms with Gasteiger partial charge in [-0.05, 0) is 36.8 Å². The first-order valence-corrected chi connectivity index (χ1v) is 7.44. The third-order valence-electron chi connectivity index (χ3n) is 2.77. The predicted octanol–water partition coefficient (Wildman–Crippen LogP) is 2.20. The summed E-state index contributed by atoms with van der Waals surface area (Å²) >= 11 is 0.